The van der Waals surface area contributed by atoms with Crippen molar-refractivity contribution in [1.29, 1.82) is 0 Å². The average molecular weight is 306 g/mol. The number of amides is 2. The summed E-state index contributed by atoms with van der Waals surface area (Å²) in [6, 6.07) is 2.25. The van der Waals surface area contributed by atoms with E-state index in [1.165, 1.54) is 5.56 Å². The molecule has 114 valence electrons. The molecule has 1 aliphatic heterocycles. The maximum absolute atomic E-state index is 13.0. The Hall–Kier alpha value is -1.36. The van der Waals surface area contributed by atoms with Crippen LogP contribution in [0.3, 0.4) is 0 Å². The minimum absolute atomic E-state index is 0.0236. The highest BCUT2D eigenvalue weighted by molar-refractivity contribution is 7.07. The van der Waals surface area contributed by atoms with Gasteiger partial charge in [-0.25, -0.2) is 0 Å². The smallest absolute Gasteiger partial charge is 0.248 e. The molecule has 2 aliphatic rings. The summed E-state index contributed by atoms with van der Waals surface area (Å²) in [5, 5.41) is 7.22. The second-order valence-electron chi connectivity index (χ2n) is 6.27. The number of hydrogen-bond acceptors (Lipinski definition) is 3. The fourth-order valence-corrected chi connectivity index (χ4v) is 4.26. The Morgan fingerprint density at radius 2 is 2.14 bits per heavy atom. The molecule has 1 N–H and O–H groups in total. The Labute approximate surface area is 129 Å². The largest absolute Gasteiger partial charge is 0.342 e. The summed E-state index contributed by atoms with van der Waals surface area (Å²) in [5.74, 6) is 0.157. The van der Waals surface area contributed by atoms with Gasteiger partial charge in [0, 0.05) is 19.0 Å². The van der Waals surface area contributed by atoms with Gasteiger partial charge in [-0.3, -0.25) is 9.59 Å². The van der Waals surface area contributed by atoms with Crippen LogP contribution < -0.4 is 5.32 Å². The van der Waals surface area contributed by atoms with E-state index in [0.717, 1.165) is 32.1 Å². The summed E-state index contributed by atoms with van der Waals surface area (Å²) in [4.78, 5) is 26.9. The molecular formula is C16H22N2O2S. The summed E-state index contributed by atoms with van der Waals surface area (Å²) < 4.78 is 0. The molecule has 1 spiro atoms. The number of nitrogens with one attached hydrogen (secondary N) is 1. The van der Waals surface area contributed by atoms with Gasteiger partial charge in [-0.15, -0.1) is 0 Å². The lowest BCUT2D eigenvalue weighted by Crippen LogP contribution is -2.57. The number of rotatable bonds is 3. The van der Waals surface area contributed by atoms with Crippen molar-refractivity contribution in [2.24, 2.45) is 0 Å². The molecule has 21 heavy (non-hydrogen) atoms. The van der Waals surface area contributed by atoms with Gasteiger partial charge < -0.3 is 10.2 Å². The third kappa shape index (κ3) is 2.84. The summed E-state index contributed by atoms with van der Waals surface area (Å²) in [5.41, 5.74) is 0.653. The molecule has 3 rings (SSSR count). The predicted molar refractivity (Wildman–Crippen MR) is 83.2 cm³/mol. The summed E-state index contributed by atoms with van der Waals surface area (Å²) >= 11 is 1.68. The van der Waals surface area contributed by atoms with Gasteiger partial charge in [0.15, 0.2) is 0 Å². The Morgan fingerprint density at radius 1 is 1.38 bits per heavy atom. The third-order valence-corrected chi connectivity index (χ3v) is 5.46. The van der Waals surface area contributed by atoms with Crippen molar-refractivity contribution in [2.45, 2.75) is 57.0 Å². The number of nitrogens with zero attached hydrogens (tertiary/aromatic N) is 1. The van der Waals surface area contributed by atoms with Crippen molar-refractivity contribution in [3.63, 3.8) is 0 Å². The van der Waals surface area contributed by atoms with E-state index in [-0.39, 0.29) is 17.9 Å². The van der Waals surface area contributed by atoms with E-state index < -0.39 is 5.54 Å². The maximum atomic E-state index is 13.0. The Bertz CT molecular complexity index is 520. The summed E-state index contributed by atoms with van der Waals surface area (Å²) in [6.45, 7) is 2.63. The Balaban J connectivity index is 1.79. The first-order valence-corrected chi connectivity index (χ1v) is 8.68. The first-order chi connectivity index (χ1) is 10.1. The molecule has 1 aliphatic carbocycles. The quantitative estimate of drug-likeness (QED) is 0.932. The lowest BCUT2D eigenvalue weighted by molar-refractivity contribution is -0.140. The number of carbonyl (C=O) groups is 2. The lowest BCUT2D eigenvalue weighted by Gasteiger charge is -2.35. The van der Waals surface area contributed by atoms with E-state index >= 15 is 0 Å². The minimum Gasteiger partial charge on any atom is -0.342 e. The number of carbonyl (C=O) groups excluding carboxylic acids is 2. The second-order valence-corrected chi connectivity index (χ2v) is 7.05. The Kier molecular flexibility index (Phi) is 4.02. The van der Waals surface area contributed by atoms with Crippen molar-refractivity contribution in [3.8, 4) is 0 Å². The van der Waals surface area contributed by atoms with Gasteiger partial charge in [0.1, 0.15) is 5.54 Å². The zero-order chi connectivity index (χ0) is 14.9. The van der Waals surface area contributed by atoms with Crippen LogP contribution in [0.1, 0.15) is 44.6 Å². The van der Waals surface area contributed by atoms with Crippen molar-refractivity contribution in [2.75, 3.05) is 6.54 Å². The molecule has 1 aromatic heterocycles. The molecule has 2 fully saturated rings. The molecule has 0 radical (unpaired) electrons. The third-order valence-electron chi connectivity index (χ3n) is 4.73. The minimum atomic E-state index is -0.615. The van der Waals surface area contributed by atoms with Crippen molar-refractivity contribution in [1.82, 2.24) is 10.2 Å². The van der Waals surface area contributed by atoms with E-state index in [1.54, 1.807) is 11.3 Å². The topological polar surface area (TPSA) is 49.4 Å². The highest BCUT2D eigenvalue weighted by Crippen LogP contribution is 2.33. The van der Waals surface area contributed by atoms with Gasteiger partial charge in [0.05, 0.1) is 0 Å². The van der Waals surface area contributed by atoms with Crippen LogP contribution >= 0.6 is 11.3 Å². The standard InChI is InChI=1S/C16H22N2O2S/c1-12(10-13-5-9-21-11-13)18-8-4-14(19)17-16(15(18)20)6-2-3-7-16/h5,9,11-12H,2-4,6-8,10H2,1H3,(H,17,19). The molecule has 0 bridgehead atoms. The van der Waals surface area contributed by atoms with E-state index in [1.807, 2.05) is 4.90 Å². The van der Waals surface area contributed by atoms with Crippen molar-refractivity contribution in [3.05, 3.63) is 22.4 Å². The molecule has 1 saturated heterocycles. The second kappa shape index (κ2) is 5.79. The molecule has 2 amide bonds. The van der Waals surface area contributed by atoms with Gasteiger partial charge in [0.2, 0.25) is 11.8 Å². The van der Waals surface area contributed by atoms with Crippen LogP contribution in [0.15, 0.2) is 16.8 Å². The lowest BCUT2D eigenvalue weighted by atomic mass is 9.94. The van der Waals surface area contributed by atoms with Gasteiger partial charge in [-0.05, 0) is 48.6 Å². The molecule has 1 aromatic rings. The van der Waals surface area contributed by atoms with Crippen LogP contribution in [0.5, 0.6) is 0 Å². The normalized spacial score (nSPS) is 23.2. The first kappa shape index (κ1) is 14.6. The van der Waals surface area contributed by atoms with Crippen LogP contribution in [-0.4, -0.2) is 34.8 Å². The molecule has 0 aromatic carbocycles. The maximum Gasteiger partial charge on any atom is 0.248 e. The fraction of sp³-hybridized carbons (Fsp3) is 0.625. The molecule has 1 atom stereocenters. The van der Waals surface area contributed by atoms with Crippen LogP contribution in [0.4, 0.5) is 0 Å². The van der Waals surface area contributed by atoms with E-state index in [2.05, 4.69) is 29.1 Å². The van der Waals surface area contributed by atoms with Crippen molar-refractivity contribution < 1.29 is 9.59 Å². The van der Waals surface area contributed by atoms with Gasteiger partial charge >= 0.3 is 0 Å². The molecule has 1 unspecified atom stereocenters. The number of hydrogen-bond donors (Lipinski definition) is 1. The van der Waals surface area contributed by atoms with E-state index in [0.29, 0.717) is 13.0 Å². The molecule has 1 saturated carbocycles. The van der Waals surface area contributed by atoms with Crippen LogP contribution in [0.2, 0.25) is 0 Å². The zero-order valence-corrected chi connectivity index (χ0v) is 13.2. The monoisotopic (exact) mass is 306 g/mol. The van der Waals surface area contributed by atoms with E-state index in [4.69, 9.17) is 0 Å². The molecule has 4 nitrogen and oxygen atoms in total. The molecule has 5 heteroatoms. The predicted octanol–water partition coefficient (Wildman–Crippen LogP) is 2.34. The number of thiophene rings is 1. The molecule has 2 heterocycles. The van der Waals surface area contributed by atoms with Gasteiger partial charge in [-0.1, -0.05) is 12.8 Å². The zero-order valence-electron chi connectivity index (χ0n) is 12.4. The highest BCUT2D eigenvalue weighted by atomic mass is 32.1. The molecular weight excluding hydrogens is 284 g/mol. The SMILES string of the molecule is CC(Cc1ccsc1)N1CCC(=O)NC2(CCCC2)C1=O. The first-order valence-electron chi connectivity index (χ1n) is 7.74. The van der Waals surface area contributed by atoms with Crippen LogP contribution in [0.25, 0.3) is 0 Å². The highest BCUT2D eigenvalue weighted by Gasteiger charge is 2.47. The summed E-state index contributed by atoms with van der Waals surface area (Å²) in [7, 11) is 0. The van der Waals surface area contributed by atoms with Crippen LogP contribution in [-0.2, 0) is 16.0 Å². The Morgan fingerprint density at radius 3 is 2.81 bits per heavy atom. The summed E-state index contributed by atoms with van der Waals surface area (Å²) in [6.07, 6.45) is 4.91. The average Bonchev–Trinajstić information content (AvgIpc) is 3.08. The van der Waals surface area contributed by atoms with Gasteiger partial charge in [-0.2, -0.15) is 11.3 Å². The van der Waals surface area contributed by atoms with Crippen LogP contribution in [0, 0.1) is 0 Å². The van der Waals surface area contributed by atoms with E-state index in [9.17, 15) is 9.59 Å². The van der Waals surface area contributed by atoms with Gasteiger partial charge in [0.25, 0.3) is 0 Å². The van der Waals surface area contributed by atoms with Crippen molar-refractivity contribution >= 4 is 23.2 Å². The fourth-order valence-electron chi connectivity index (χ4n) is 3.58.